The Morgan fingerprint density at radius 1 is 0.553 bits per heavy atom. The van der Waals surface area contributed by atoms with Gasteiger partial charge in [-0.2, -0.15) is 0 Å². The fourth-order valence-corrected chi connectivity index (χ4v) is 6.59. The summed E-state index contributed by atoms with van der Waals surface area (Å²) in [6.45, 7) is 4.96. The van der Waals surface area contributed by atoms with Crippen LogP contribution in [0.5, 0.6) is 0 Å². The summed E-state index contributed by atoms with van der Waals surface area (Å²) in [5.41, 5.74) is 5.35. The maximum atomic E-state index is 12.5. The third-order valence-corrected chi connectivity index (χ3v) is 9.76. The minimum atomic E-state index is -4.26. The second-order valence-corrected chi connectivity index (χ2v) is 15.0. The molecule has 0 spiro atoms. The molecule has 0 fully saturated rings. The smallest absolute Gasteiger partial charge is 0.457 e. The number of carbonyl (C=O) groups is 1. The van der Waals surface area contributed by atoms with Crippen molar-refractivity contribution in [2.24, 2.45) is 5.73 Å². The lowest BCUT2D eigenvalue weighted by atomic mass is 10.0. The van der Waals surface area contributed by atoms with E-state index >= 15 is 0 Å². The molecule has 0 amide bonds. The molecule has 282 valence electrons. The van der Waals surface area contributed by atoms with Crippen LogP contribution in [0.25, 0.3) is 0 Å². The first-order valence-corrected chi connectivity index (χ1v) is 21.5. The number of carbonyl (C=O) groups excluding carboxylic acids is 1. The van der Waals surface area contributed by atoms with E-state index in [4.69, 9.17) is 24.3 Å². The van der Waals surface area contributed by atoms with Crippen molar-refractivity contribution in [3.8, 4) is 0 Å². The Labute approximate surface area is 291 Å². The number of nitrogens with two attached hydrogens (primary N) is 1. The summed E-state index contributed by atoms with van der Waals surface area (Å²) in [5.74, 6) is -0.327. The topological polar surface area (TPSA) is 117 Å². The second-order valence-electron chi connectivity index (χ2n) is 13.5. The average molecular weight is 692 g/mol. The van der Waals surface area contributed by atoms with Crippen LogP contribution < -0.4 is 5.73 Å². The average Bonchev–Trinajstić information content (AvgIpc) is 3.06. The summed E-state index contributed by atoms with van der Waals surface area (Å²) in [6.07, 6.45) is 35.4. The van der Waals surface area contributed by atoms with Gasteiger partial charge in [-0.25, -0.2) is 4.57 Å². The lowest BCUT2D eigenvalue weighted by Gasteiger charge is -2.20. The maximum Gasteiger partial charge on any atom is 0.472 e. The van der Waals surface area contributed by atoms with E-state index in [2.05, 4.69) is 13.8 Å². The first-order chi connectivity index (χ1) is 22.9. The van der Waals surface area contributed by atoms with Gasteiger partial charge >= 0.3 is 13.8 Å². The zero-order valence-electron chi connectivity index (χ0n) is 31.0. The van der Waals surface area contributed by atoms with Gasteiger partial charge in [0.05, 0.1) is 19.8 Å². The highest BCUT2D eigenvalue weighted by atomic mass is 31.2. The highest BCUT2D eigenvalue weighted by molar-refractivity contribution is 7.47. The van der Waals surface area contributed by atoms with Crippen LogP contribution in [0.4, 0.5) is 0 Å². The van der Waals surface area contributed by atoms with E-state index in [1.54, 1.807) is 0 Å². The van der Waals surface area contributed by atoms with Crippen LogP contribution in [0.15, 0.2) is 0 Å². The Hall–Kier alpha value is -0.500. The molecule has 3 N–H and O–H groups in total. The van der Waals surface area contributed by atoms with Crippen LogP contribution in [0.2, 0.25) is 0 Å². The van der Waals surface area contributed by atoms with E-state index in [1.165, 1.54) is 148 Å². The molecule has 2 unspecified atom stereocenters. The number of hydrogen-bond acceptors (Lipinski definition) is 7. The molecule has 0 aliphatic rings. The molecule has 9 heteroatoms. The van der Waals surface area contributed by atoms with Crippen LogP contribution in [0.1, 0.15) is 200 Å². The van der Waals surface area contributed by atoms with Gasteiger partial charge in [0.1, 0.15) is 6.10 Å². The van der Waals surface area contributed by atoms with E-state index in [0.717, 1.165) is 32.1 Å². The molecule has 0 bridgehead atoms. The van der Waals surface area contributed by atoms with Gasteiger partial charge in [-0.3, -0.25) is 13.8 Å². The standard InChI is InChI=1S/C38H78NO7P/c1-3-5-7-9-11-13-15-17-18-19-20-22-24-26-28-30-33-43-35-37(36-45-47(41,42)44-34-32-39)46-38(40)31-29-27-25-23-21-16-14-12-10-8-6-4-2/h37H,3-36,39H2,1-2H3,(H,41,42). The largest absolute Gasteiger partial charge is 0.472 e. The molecule has 0 rings (SSSR count). The molecule has 47 heavy (non-hydrogen) atoms. The van der Waals surface area contributed by atoms with Gasteiger partial charge in [0, 0.05) is 19.6 Å². The van der Waals surface area contributed by atoms with E-state index in [1.807, 2.05) is 0 Å². The lowest BCUT2D eigenvalue weighted by Crippen LogP contribution is -2.28. The molecule has 2 atom stereocenters. The molecule has 0 saturated heterocycles. The fraction of sp³-hybridized carbons (Fsp3) is 0.974. The molecule has 0 aromatic carbocycles. The third kappa shape index (κ3) is 36.6. The molecule has 8 nitrogen and oxygen atoms in total. The van der Waals surface area contributed by atoms with Crippen molar-refractivity contribution >= 4 is 13.8 Å². The van der Waals surface area contributed by atoms with Crippen LogP contribution in [0.3, 0.4) is 0 Å². The molecular formula is C38H78NO7P. The van der Waals surface area contributed by atoms with Crippen LogP contribution >= 0.6 is 7.82 Å². The van der Waals surface area contributed by atoms with Gasteiger partial charge in [0.25, 0.3) is 0 Å². The lowest BCUT2D eigenvalue weighted by molar-refractivity contribution is -0.154. The van der Waals surface area contributed by atoms with Crippen molar-refractivity contribution in [3.63, 3.8) is 0 Å². The Morgan fingerprint density at radius 2 is 0.936 bits per heavy atom. The van der Waals surface area contributed by atoms with Gasteiger partial charge < -0.3 is 20.1 Å². The van der Waals surface area contributed by atoms with Crippen molar-refractivity contribution < 1.29 is 32.8 Å². The van der Waals surface area contributed by atoms with Crippen molar-refractivity contribution in [2.45, 2.75) is 206 Å². The second kappa shape index (κ2) is 36.8. The van der Waals surface area contributed by atoms with Crippen molar-refractivity contribution in [1.29, 1.82) is 0 Å². The third-order valence-electron chi connectivity index (χ3n) is 8.77. The molecule has 0 radical (unpaired) electrons. The predicted octanol–water partition coefficient (Wildman–Crippen LogP) is 11.4. The summed E-state index contributed by atoms with van der Waals surface area (Å²) in [6, 6.07) is 0. The minimum Gasteiger partial charge on any atom is -0.457 e. The summed E-state index contributed by atoms with van der Waals surface area (Å²) in [7, 11) is -4.26. The van der Waals surface area contributed by atoms with E-state index < -0.39 is 13.9 Å². The van der Waals surface area contributed by atoms with E-state index in [0.29, 0.717) is 13.0 Å². The van der Waals surface area contributed by atoms with Crippen LogP contribution in [0, 0.1) is 0 Å². The van der Waals surface area contributed by atoms with Gasteiger partial charge in [-0.05, 0) is 12.8 Å². The fourth-order valence-electron chi connectivity index (χ4n) is 5.82. The zero-order chi connectivity index (χ0) is 34.5. The zero-order valence-corrected chi connectivity index (χ0v) is 31.9. The first-order valence-electron chi connectivity index (χ1n) is 20.0. The Bertz CT molecular complexity index is 697. The first kappa shape index (κ1) is 46.5. The van der Waals surface area contributed by atoms with E-state index in [-0.39, 0.29) is 32.3 Å². The van der Waals surface area contributed by atoms with Gasteiger partial charge in [-0.1, -0.05) is 181 Å². The summed E-state index contributed by atoms with van der Waals surface area (Å²) in [4.78, 5) is 22.4. The molecular weight excluding hydrogens is 613 g/mol. The predicted molar refractivity (Wildman–Crippen MR) is 197 cm³/mol. The molecule has 0 aliphatic carbocycles. The Kier molecular flexibility index (Phi) is 36.4. The van der Waals surface area contributed by atoms with Gasteiger partial charge in [0.15, 0.2) is 0 Å². The van der Waals surface area contributed by atoms with E-state index in [9.17, 15) is 14.3 Å². The summed E-state index contributed by atoms with van der Waals surface area (Å²) in [5, 5.41) is 0. The number of ether oxygens (including phenoxy) is 2. The molecule has 0 saturated carbocycles. The quantitative estimate of drug-likeness (QED) is 0.0371. The molecule has 0 aromatic rings. The van der Waals surface area contributed by atoms with Crippen LogP contribution in [-0.2, 0) is 27.9 Å². The molecule has 0 aromatic heterocycles. The summed E-state index contributed by atoms with van der Waals surface area (Å²) < 4.78 is 33.3. The number of hydrogen-bond donors (Lipinski definition) is 2. The normalized spacial score (nSPS) is 13.5. The minimum absolute atomic E-state index is 0.0903. The molecule has 0 heterocycles. The van der Waals surface area contributed by atoms with Gasteiger partial charge in [-0.15, -0.1) is 0 Å². The Morgan fingerprint density at radius 3 is 1.34 bits per heavy atom. The number of phosphoric ester groups is 1. The monoisotopic (exact) mass is 692 g/mol. The number of esters is 1. The number of unbranched alkanes of at least 4 members (excludes halogenated alkanes) is 26. The summed E-state index contributed by atoms with van der Waals surface area (Å²) >= 11 is 0. The van der Waals surface area contributed by atoms with Gasteiger partial charge in [0.2, 0.25) is 0 Å². The van der Waals surface area contributed by atoms with Crippen molar-refractivity contribution in [1.82, 2.24) is 0 Å². The molecule has 0 aliphatic heterocycles. The Balaban J connectivity index is 4.00. The van der Waals surface area contributed by atoms with Crippen LogP contribution in [-0.4, -0.2) is 49.9 Å². The highest BCUT2D eigenvalue weighted by Gasteiger charge is 2.25. The highest BCUT2D eigenvalue weighted by Crippen LogP contribution is 2.43. The van der Waals surface area contributed by atoms with Crippen molar-refractivity contribution in [3.05, 3.63) is 0 Å². The number of rotatable bonds is 39. The SMILES string of the molecule is CCCCCCCCCCCCCCCCCCOCC(COP(=O)(O)OCCN)OC(=O)CCCCCCCCCCCCCC. The number of phosphoric acid groups is 1. The van der Waals surface area contributed by atoms with Crippen molar-refractivity contribution in [2.75, 3.05) is 33.0 Å². The maximum absolute atomic E-state index is 12.5.